The molecule has 0 aromatic heterocycles. The lowest BCUT2D eigenvalue weighted by Crippen LogP contribution is -2.49. The number of phenolic OH excluding ortho intramolecular Hbond substituents is 3. The number of ether oxygens (including phenoxy) is 2. The molecule has 3 aliphatic rings. The summed E-state index contributed by atoms with van der Waals surface area (Å²) in [7, 11) is 0. The highest BCUT2D eigenvalue weighted by molar-refractivity contribution is 5.81. The van der Waals surface area contributed by atoms with E-state index in [9.17, 15) is 25.2 Å². The summed E-state index contributed by atoms with van der Waals surface area (Å²) >= 11 is 0. The van der Waals surface area contributed by atoms with Crippen LogP contribution >= 0.6 is 0 Å². The maximum atomic E-state index is 13.5. The van der Waals surface area contributed by atoms with Gasteiger partial charge in [-0.2, -0.15) is 0 Å². The number of rotatable bonds is 4. The number of aliphatic hydroxyl groups excluding tert-OH is 1. The van der Waals surface area contributed by atoms with Crippen molar-refractivity contribution in [3.63, 3.8) is 0 Å². The Morgan fingerprint density at radius 3 is 2.34 bits per heavy atom. The number of carbonyl (C=O) groups is 1. The van der Waals surface area contributed by atoms with Crippen LogP contribution in [-0.4, -0.2) is 57.8 Å². The topological polar surface area (TPSA) is 132 Å². The van der Waals surface area contributed by atoms with Gasteiger partial charge < -0.3 is 29.9 Å². The molecule has 0 saturated carbocycles. The quantitative estimate of drug-likeness (QED) is 0.451. The first kappa shape index (κ1) is 20.7. The molecule has 170 valence electrons. The van der Waals surface area contributed by atoms with E-state index in [2.05, 4.69) is 5.43 Å². The largest absolute Gasteiger partial charge is 0.504 e. The Balaban J connectivity index is 1.63. The predicted molar refractivity (Wildman–Crippen MR) is 113 cm³/mol. The Kier molecular flexibility index (Phi) is 5.22. The molecule has 2 aliphatic heterocycles. The molecule has 0 spiro atoms. The van der Waals surface area contributed by atoms with Crippen LogP contribution in [0.2, 0.25) is 0 Å². The van der Waals surface area contributed by atoms with Gasteiger partial charge in [0.2, 0.25) is 12.7 Å². The summed E-state index contributed by atoms with van der Waals surface area (Å²) in [6.07, 6.45) is 2.47. The first-order valence-electron chi connectivity index (χ1n) is 10.8. The van der Waals surface area contributed by atoms with Crippen molar-refractivity contribution in [1.29, 1.82) is 0 Å². The summed E-state index contributed by atoms with van der Waals surface area (Å²) in [5.74, 6) is -2.30. The third kappa shape index (κ3) is 3.47. The van der Waals surface area contributed by atoms with Crippen LogP contribution in [-0.2, 0) is 11.2 Å². The zero-order chi connectivity index (χ0) is 22.4. The molecule has 1 amide bonds. The minimum absolute atomic E-state index is 0.103. The monoisotopic (exact) mass is 442 g/mol. The molecular formula is C23H26N2O7. The number of phenols is 3. The lowest BCUT2D eigenvalue weighted by atomic mass is 9.66. The molecule has 1 aliphatic carbocycles. The smallest absolute Gasteiger partial charge is 0.238 e. The fourth-order valence-electron chi connectivity index (χ4n) is 5.14. The lowest BCUT2D eigenvalue weighted by Gasteiger charge is -2.39. The zero-order valence-corrected chi connectivity index (χ0v) is 17.5. The van der Waals surface area contributed by atoms with E-state index in [1.165, 1.54) is 12.1 Å². The van der Waals surface area contributed by atoms with Crippen molar-refractivity contribution in [2.45, 2.75) is 25.2 Å². The number of benzene rings is 2. The van der Waals surface area contributed by atoms with Crippen molar-refractivity contribution in [1.82, 2.24) is 10.4 Å². The van der Waals surface area contributed by atoms with Crippen LogP contribution in [0, 0.1) is 11.8 Å². The number of amides is 1. The minimum atomic E-state index is -0.670. The molecule has 9 heteroatoms. The van der Waals surface area contributed by atoms with Crippen LogP contribution in [0.15, 0.2) is 24.3 Å². The number of hydrogen-bond donors (Lipinski definition) is 5. The molecule has 2 aromatic rings. The first-order valence-corrected chi connectivity index (χ1v) is 10.8. The number of carbonyl (C=O) groups excluding carboxylic acids is 1. The second kappa shape index (κ2) is 8.07. The van der Waals surface area contributed by atoms with E-state index in [1.54, 1.807) is 0 Å². The molecule has 0 radical (unpaired) electrons. The van der Waals surface area contributed by atoms with Crippen LogP contribution in [0.4, 0.5) is 0 Å². The van der Waals surface area contributed by atoms with Crippen LogP contribution in [0.25, 0.3) is 0 Å². The molecular weight excluding hydrogens is 416 g/mol. The third-order valence-corrected chi connectivity index (χ3v) is 6.68. The van der Waals surface area contributed by atoms with Crippen LogP contribution in [0.3, 0.4) is 0 Å². The van der Waals surface area contributed by atoms with Crippen molar-refractivity contribution in [3.8, 4) is 28.7 Å². The van der Waals surface area contributed by atoms with Crippen LogP contribution in [0.1, 0.15) is 35.4 Å². The van der Waals surface area contributed by atoms with Gasteiger partial charge in [0.15, 0.2) is 28.7 Å². The molecule has 1 fully saturated rings. The fourth-order valence-corrected chi connectivity index (χ4v) is 5.14. The van der Waals surface area contributed by atoms with Gasteiger partial charge in [0.05, 0.1) is 5.92 Å². The lowest BCUT2D eigenvalue weighted by molar-refractivity contribution is -0.132. The molecule has 5 N–H and O–H groups in total. The van der Waals surface area contributed by atoms with Gasteiger partial charge in [0.1, 0.15) is 0 Å². The molecule has 5 rings (SSSR count). The molecule has 2 heterocycles. The summed E-state index contributed by atoms with van der Waals surface area (Å²) in [6.45, 7) is 1.43. The molecule has 1 saturated heterocycles. The van der Waals surface area contributed by atoms with Gasteiger partial charge in [0, 0.05) is 25.6 Å². The predicted octanol–water partition coefficient (Wildman–Crippen LogP) is 1.57. The van der Waals surface area contributed by atoms with Gasteiger partial charge in [-0.25, -0.2) is 5.01 Å². The first-order chi connectivity index (χ1) is 15.5. The van der Waals surface area contributed by atoms with E-state index in [4.69, 9.17) is 9.47 Å². The summed E-state index contributed by atoms with van der Waals surface area (Å²) in [5.41, 5.74) is 5.14. The third-order valence-electron chi connectivity index (χ3n) is 6.68. The second-order valence-corrected chi connectivity index (χ2v) is 8.63. The Morgan fingerprint density at radius 1 is 1.03 bits per heavy atom. The van der Waals surface area contributed by atoms with E-state index in [-0.39, 0.29) is 19.3 Å². The van der Waals surface area contributed by atoms with E-state index >= 15 is 0 Å². The van der Waals surface area contributed by atoms with Gasteiger partial charge >= 0.3 is 0 Å². The van der Waals surface area contributed by atoms with Gasteiger partial charge in [-0.1, -0.05) is 0 Å². The standard InChI is InChI=1S/C23H26N2O7/c26-10-14-5-12-8-18-19(32-11-31-18)9-15(12)20(13-6-16(27)22(29)17(28)7-13)21(14)23(30)24-25-3-1-2-4-25/h6-9,14,20-21,26-29H,1-5,10-11H2,(H,24,30)/t14-,20+,21+/m0/s1. The molecule has 9 nitrogen and oxygen atoms in total. The molecule has 2 aromatic carbocycles. The number of nitrogens with one attached hydrogen (secondary N) is 1. The Hall–Kier alpha value is -3.17. The van der Waals surface area contributed by atoms with Gasteiger partial charge in [0.25, 0.3) is 0 Å². The minimum Gasteiger partial charge on any atom is -0.504 e. The molecule has 0 unspecified atom stereocenters. The van der Waals surface area contributed by atoms with E-state index in [0.717, 1.165) is 37.1 Å². The maximum absolute atomic E-state index is 13.5. The Labute approximate surface area is 184 Å². The van der Waals surface area contributed by atoms with Crippen molar-refractivity contribution < 1.29 is 34.7 Å². The number of aliphatic hydroxyl groups is 1. The summed E-state index contributed by atoms with van der Waals surface area (Å²) in [5, 5.41) is 42.3. The molecule has 0 bridgehead atoms. The summed E-state index contributed by atoms with van der Waals surface area (Å²) < 4.78 is 11.1. The van der Waals surface area contributed by atoms with Gasteiger partial charge in [-0.15, -0.1) is 0 Å². The Morgan fingerprint density at radius 2 is 1.69 bits per heavy atom. The normalized spacial score (nSPS) is 24.3. The highest BCUT2D eigenvalue weighted by Gasteiger charge is 2.43. The van der Waals surface area contributed by atoms with Crippen LogP contribution in [0.5, 0.6) is 28.7 Å². The van der Waals surface area contributed by atoms with Gasteiger partial charge in [-0.3, -0.25) is 10.2 Å². The molecule has 3 atom stereocenters. The van der Waals surface area contributed by atoms with E-state index < -0.39 is 35.0 Å². The number of hydrazine groups is 1. The highest BCUT2D eigenvalue weighted by Crippen LogP contribution is 2.50. The Bertz CT molecular complexity index is 1030. The maximum Gasteiger partial charge on any atom is 0.238 e. The van der Waals surface area contributed by atoms with Crippen molar-refractivity contribution in [2.24, 2.45) is 11.8 Å². The SMILES string of the molecule is O=C(NN1CCCC1)[C@@H]1[C@H](CO)Cc2cc3c(cc2[C@H]1c1cc(O)c(O)c(O)c1)OCO3. The van der Waals surface area contributed by atoms with Crippen molar-refractivity contribution >= 4 is 5.91 Å². The van der Waals surface area contributed by atoms with Gasteiger partial charge in [-0.05, 0) is 66.1 Å². The summed E-state index contributed by atoms with van der Waals surface area (Å²) in [4.78, 5) is 13.5. The van der Waals surface area contributed by atoms with Crippen LogP contribution < -0.4 is 14.9 Å². The van der Waals surface area contributed by atoms with Crippen molar-refractivity contribution in [3.05, 3.63) is 41.0 Å². The number of aromatic hydroxyl groups is 3. The zero-order valence-electron chi connectivity index (χ0n) is 17.5. The number of fused-ring (bicyclic) bond motifs is 2. The number of hydrogen-bond acceptors (Lipinski definition) is 8. The van der Waals surface area contributed by atoms with E-state index in [1.807, 2.05) is 17.1 Å². The fraction of sp³-hybridized carbons (Fsp3) is 0.435. The van der Waals surface area contributed by atoms with Crippen molar-refractivity contribution in [2.75, 3.05) is 26.5 Å². The average Bonchev–Trinajstić information content (AvgIpc) is 3.45. The second-order valence-electron chi connectivity index (χ2n) is 8.63. The summed E-state index contributed by atoms with van der Waals surface area (Å²) in [6, 6.07) is 6.39. The van der Waals surface area contributed by atoms with E-state index in [0.29, 0.717) is 23.5 Å². The number of nitrogens with zero attached hydrogens (tertiary/aromatic N) is 1. The average molecular weight is 442 g/mol. The molecule has 32 heavy (non-hydrogen) atoms. The highest BCUT2D eigenvalue weighted by atomic mass is 16.7.